The molecule has 51 heavy (non-hydrogen) atoms. The number of nitrogens with zero attached hydrogens (tertiary/aromatic N) is 1. The Hall–Kier alpha value is -4.36. The van der Waals surface area contributed by atoms with Crippen LogP contribution in [0, 0.1) is 29.6 Å². The number of hydrogen-bond acceptors (Lipinski definition) is 0. The second-order valence-electron chi connectivity index (χ2n) is 15.9. The lowest BCUT2D eigenvalue weighted by molar-refractivity contribution is 0.327. The second kappa shape index (κ2) is 14.7. The molecule has 1 nitrogen and oxygen atoms in total. The smallest absolute Gasteiger partial charge is 0.0537 e. The number of allylic oxidation sites excluding steroid dienone is 17. The quantitative estimate of drug-likeness (QED) is 0.211. The topological polar surface area (TPSA) is 4.93 Å². The van der Waals surface area contributed by atoms with Crippen molar-refractivity contribution < 1.29 is 0 Å². The molecule has 0 bridgehead atoms. The lowest BCUT2D eigenvalue weighted by Crippen LogP contribution is -2.24. The van der Waals surface area contributed by atoms with Gasteiger partial charge in [-0.25, -0.2) is 0 Å². The van der Waals surface area contributed by atoms with Gasteiger partial charge < -0.3 is 4.57 Å². The molecule has 1 heterocycles. The van der Waals surface area contributed by atoms with E-state index in [1.54, 1.807) is 27.9 Å². The molecule has 1 heteroatoms. The third-order valence-electron chi connectivity index (χ3n) is 12.9. The van der Waals surface area contributed by atoms with Crippen LogP contribution in [0.15, 0.2) is 155 Å². The fraction of sp³-hybridized carbons (Fsp3) is 0.360. The summed E-state index contributed by atoms with van der Waals surface area (Å²) in [5, 5.41) is 1.38. The molecular weight excluding hydrogens is 615 g/mol. The number of fused-ring (bicyclic) bond motifs is 3. The van der Waals surface area contributed by atoms with Gasteiger partial charge in [0.1, 0.15) is 0 Å². The third kappa shape index (κ3) is 6.73. The van der Waals surface area contributed by atoms with Crippen molar-refractivity contribution in [2.45, 2.75) is 83.5 Å². The molecule has 0 saturated heterocycles. The third-order valence-corrected chi connectivity index (χ3v) is 12.9. The van der Waals surface area contributed by atoms with E-state index < -0.39 is 0 Å². The van der Waals surface area contributed by atoms with Crippen LogP contribution in [0.25, 0.3) is 22.7 Å². The highest BCUT2D eigenvalue weighted by Crippen LogP contribution is 2.45. The summed E-state index contributed by atoms with van der Waals surface area (Å²) in [5.74, 6) is 3.12. The highest BCUT2D eigenvalue weighted by Gasteiger charge is 2.31. The first kappa shape index (κ1) is 32.5. The Bertz CT molecular complexity index is 2050. The highest BCUT2D eigenvalue weighted by atomic mass is 15.0. The molecule has 0 saturated carbocycles. The van der Waals surface area contributed by atoms with E-state index in [4.69, 9.17) is 0 Å². The summed E-state index contributed by atoms with van der Waals surface area (Å²) in [6, 6.07) is 19.9. The van der Waals surface area contributed by atoms with Crippen LogP contribution >= 0.6 is 0 Å². The zero-order valence-electron chi connectivity index (χ0n) is 30.2. The maximum atomic E-state index is 2.64. The van der Waals surface area contributed by atoms with E-state index in [1.807, 2.05) is 0 Å². The van der Waals surface area contributed by atoms with Gasteiger partial charge in [0.2, 0.25) is 0 Å². The largest absolute Gasteiger partial charge is 0.313 e. The summed E-state index contributed by atoms with van der Waals surface area (Å²) in [6.45, 7) is 0. The Morgan fingerprint density at radius 1 is 0.667 bits per heavy atom. The number of rotatable bonds is 8. The lowest BCUT2D eigenvalue weighted by atomic mass is 9.69. The zero-order chi connectivity index (χ0) is 34.0. The van der Waals surface area contributed by atoms with Gasteiger partial charge in [0.25, 0.3) is 0 Å². The van der Waals surface area contributed by atoms with Crippen molar-refractivity contribution in [1.29, 1.82) is 0 Å². The molecule has 0 N–H and O–H groups in total. The average molecular weight is 668 g/mol. The molecule has 5 unspecified atom stereocenters. The molecule has 9 rings (SSSR count). The normalized spacial score (nSPS) is 26.5. The van der Waals surface area contributed by atoms with Gasteiger partial charge in [-0.3, -0.25) is 0 Å². The van der Waals surface area contributed by atoms with E-state index in [1.165, 1.54) is 92.1 Å². The van der Waals surface area contributed by atoms with Crippen molar-refractivity contribution in [2.75, 3.05) is 0 Å². The summed E-state index contributed by atoms with van der Waals surface area (Å²) in [6.07, 6.45) is 48.5. The van der Waals surface area contributed by atoms with Crippen LogP contribution in [0.2, 0.25) is 0 Å². The van der Waals surface area contributed by atoms with Gasteiger partial charge in [0, 0.05) is 34.2 Å². The SMILES string of the molecule is C1=CC(C2C=CC(C(CC3C=CC(C4C=CCCC4)=CC3)C3=CC=C(C4=Cc5c(n(-c6ccccc6)c6ccccc56)CC4)CC3)CC2)=CCC1. The Kier molecular flexibility index (Phi) is 9.38. The average Bonchev–Trinajstić information content (AvgIpc) is 3.55. The van der Waals surface area contributed by atoms with Crippen LogP contribution in [-0.2, 0) is 6.42 Å². The van der Waals surface area contributed by atoms with Crippen molar-refractivity contribution in [3.05, 3.63) is 167 Å². The van der Waals surface area contributed by atoms with Crippen molar-refractivity contribution in [3.63, 3.8) is 0 Å². The summed E-state index contributed by atoms with van der Waals surface area (Å²) < 4.78 is 2.50. The van der Waals surface area contributed by atoms with Crippen molar-refractivity contribution >= 4 is 17.0 Å². The van der Waals surface area contributed by atoms with Gasteiger partial charge in [0.05, 0.1) is 5.52 Å². The summed E-state index contributed by atoms with van der Waals surface area (Å²) in [5.41, 5.74) is 13.4. The number of para-hydroxylation sites is 2. The molecule has 0 fully saturated rings. The molecule has 6 aliphatic carbocycles. The molecule has 0 amide bonds. The summed E-state index contributed by atoms with van der Waals surface area (Å²) >= 11 is 0. The maximum absolute atomic E-state index is 2.64. The van der Waals surface area contributed by atoms with Gasteiger partial charge in [0.15, 0.2) is 0 Å². The Morgan fingerprint density at radius 3 is 2.29 bits per heavy atom. The second-order valence-corrected chi connectivity index (χ2v) is 15.9. The minimum atomic E-state index is 0.602. The van der Waals surface area contributed by atoms with Gasteiger partial charge in [-0.15, -0.1) is 0 Å². The van der Waals surface area contributed by atoms with Crippen LogP contribution in [0.5, 0.6) is 0 Å². The van der Waals surface area contributed by atoms with Crippen molar-refractivity contribution in [1.82, 2.24) is 4.57 Å². The Balaban J connectivity index is 0.985. The van der Waals surface area contributed by atoms with Crippen LogP contribution in [0.1, 0.15) is 88.3 Å². The minimum Gasteiger partial charge on any atom is -0.313 e. The molecular formula is C50H53N. The molecule has 3 aromatic rings. The molecule has 0 spiro atoms. The molecule has 1 aromatic heterocycles. The first-order valence-corrected chi connectivity index (χ1v) is 20.2. The predicted molar refractivity (Wildman–Crippen MR) is 217 cm³/mol. The minimum absolute atomic E-state index is 0.602. The fourth-order valence-electron chi connectivity index (χ4n) is 10.1. The number of hydrogen-bond donors (Lipinski definition) is 0. The van der Waals surface area contributed by atoms with Crippen LogP contribution < -0.4 is 0 Å². The predicted octanol–water partition coefficient (Wildman–Crippen LogP) is 13.3. The maximum Gasteiger partial charge on any atom is 0.0537 e. The lowest BCUT2D eigenvalue weighted by Gasteiger charge is -2.35. The van der Waals surface area contributed by atoms with Crippen LogP contribution in [-0.4, -0.2) is 4.57 Å². The summed E-state index contributed by atoms with van der Waals surface area (Å²) in [4.78, 5) is 0. The van der Waals surface area contributed by atoms with Gasteiger partial charge in [-0.05, 0) is 148 Å². The van der Waals surface area contributed by atoms with E-state index in [2.05, 4.69) is 138 Å². The van der Waals surface area contributed by atoms with Gasteiger partial charge in [-0.1, -0.05) is 115 Å². The molecule has 0 aliphatic heterocycles. The van der Waals surface area contributed by atoms with Crippen LogP contribution in [0.3, 0.4) is 0 Å². The van der Waals surface area contributed by atoms with Crippen molar-refractivity contribution in [2.24, 2.45) is 29.6 Å². The Labute approximate surface area is 305 Å². The van der Waals surface area contributed by atoms with Crippen molar-refractivity contribution in [3.8, 4) is 5.69 Å². The van der Waals surface area contributed by atoms with E-state index in [9.17, 15) is 0 Å². The highest BCUT2D eigenvalue weighted by molar-refractivity contribution is 5.94. The molecule has 258 valence electrons. The monoisotopic (exact) mass is 667 g/mol. The zero-order valence-corrected chi connectivity index (χ0v) is 30.2. The molecule has 0 radical (unpaired) electrons. The molecule has 5 atom stereocenters. The summed E-state index contributed by atoms with van der Waals surface area (Å²) in [7, 11) is 0. The standard InChI is InChI=1S/C50H53N/c1-4-12-37(13-5-1)39-22-20-36(21-23-39)34-47(42-28-24-40(25-29-42)38-14-6-2-7-15-38)43-30-26-41(27-31-43)44-32-33-50-48(35-44)46-18-10-11-19-49(46)51(50)45-16-8-3-9-17-45/h3-4,6,8-12,14-20,22-24,26,28,30,35-37,40,42,47H,1-2,5,7,13,21,25,27,29,31-34H2. The molecule has 2 aromatic carbocycles. The molecule has 6 aliphatic rings. The van der Waals surface area contributed by atoms with E-state index in [0.717, 1.165) is 19.3 Å². The first-order chi connectivity index (χ1) is 25.3. The number of aromatic nitrogens is 1. The Morgan fingerprint density at radius 2 is 1.53 bits per heavy atom. The first-order valence-electron chi connectivity index (χ1n) is 20.2. The van der Waals surface area contributed by atoms with Gasteiger partial charge in [-0.2, -0.15) is 0 Å². The van der Waals surface area contributed by atoms with E-state index >= 15 is 0 Å². The number of benzene rings is 2. The van der Waals surface area contributed by atoms with E-state index in [0.29, 0.717) is 29.6 Å². The van der Waals surface area contributed by atoms with Gasteiger partial charge >= 0.3 is 0 Å². The van der Waals surface area contributed by atoms with Crippen LogP contribution in [0.4, 0.5) is 0 Å². The van der Waals surface area contributed by atoms with E-state index in [-0.39, 0.29) is 0 Å². The fourth-order valence-corrected chi connectivity index (χ4v) is 10.1.